The van der Waals surface area contributed by atoms with E-state index in [1.54, 1.807) is 39.6 Å². The first kappa shape index (κ1) is 42.7. The van der Waals surface area contributed by atoms with Crippen LogP contribution in [0.2, 0.25) is 0 Å². The van der Waals surface area contributed by atoms with Gasteiger partial charge in [0.25, 0.3) is 0 Å². The van der Waals surface area contributed by atoms with E-state index in [1.807, 2.05) is 42.9 Å². The van der Waals surface area contributed by atoms with Gasteiger partial charge in [0.1, 0.15) is 0 Å². The highest BCUT2D eigenvalue weighted by Crippen LogP contribution is 2.09. The minimum absolute atomic E-state index is 0. The number of nitrogens with zero attached hydrogens (tertiary/aromatic N) is 1. The van der Waals surface area contributed by atoms with Crippen LogP contribution >= 0.6 is 83.9 Å². The fourth-order valence-corrected chi connectivity index (χ4v) is 0. The molecule has 0 unspecified atom stereocenters. The molecule has 0 rings (SSSR count). The maximum atomic E-state index is 3.96. The summed E-state index contributed by atoms with van der Waals surface area (Å²) >= 11 is 13.2. The number of hydrogen-bond acceptors (Lipinski definition) is 8. The van der Waals surface area contributed by atoms with Gasteiger partial charge >= 0.3 is 0 Å². The Bertz CT molecular complexity index is 94.2. The zero-order valence-electron chi connectivity index (χ0n) is 12.6. The number of thioether (sulfide) groups is 1. The van der Waals surface area contributed by atoms with Crippen molar-refractivity contribution in [3.63, 3.8) is 0 Å². The van der Waals surface area contributed by atoms with Crippen LogP contribution in [0.25, 0.3) is 0 Å². The van der Waals surface area contributed by atoms with Crippen LogP contribution in [0, 0.1) is 0 Å². The predicted molar refractivity (Wildman–Crippen MR) is 117 cm³/mol. The van der Waals surface area contributed by atoms with Crippen molar-refractivity contribution in [2.75, 3.05) is 52.4 Å². The molecule has 0 aromatic carbocycles. The first-order chi connectivity index (χ1) is 7.47. The average Bonchev–Trinajstić information content (AvgIpc) is 2.22. The van der Waals surface area contributed by atoms with Gasteiger partial charge in [-0.05, 0) is 76.9 Å². The van der Waals surface area contributed by atoms with Gasteiger partial charge in [0.15, 0.2) is 0 Å². The lowest BCUT2D eigenvalue weighted by Gasteiger charge is -1.90. The summed E-state index contributed by atoms with van der Waals surface area (Å²) in [6, 6.07) is 0. The maximum Gasteiger partial charge on any atom is 0.0297 e. The molecule has 18 heavy (non-hydrogen) atoms. The predicted octanol–water partition coefficient (Wildman–Crippen LogP) is 4.62. The Morgan fingerprint density at radius 2 is 0.944 bits per heavy atom. The Morgan fingerprint density at radius 3 is 0.944 bits per heavy atom. The lowest BCUT2D eigenvalue weighted by molar-refractivity contribution is 0.505. The second-order valence-electron chi connectivity index (χ2n) is 2.17. The van der Waals surface area contributed by atoms with Gasteiger partial charge in [0.05, 0.1) is 0 Å². The molecule has 0 aliphatic heterocycles. The van der Waals surface area contributed by atoms with E-state index in [0.29, 0.717) is 0 Å². The Hall–Kier alpha value is 1.89. The smallest absolute Gasteiger partial charge is 0.0297 e. The molecule has 0 radical (unpaired) electrons. The summed E-state index contributed by atoms with van der Waals surface area (Å²) in [7, 11) is 9.55. The highest BCUT2D eigenvalue weighted by molar-refractivity contribution is 8.76. The molecule has 0 atom stereocenters. The summed E-state index contributed by atoms with van der Waals surface area (Å²) in [4.78, 5) is 2.00. The first-order valence-electron chi connectivity index (χ1n) is 4.00. The number of thiol groups is 1. The minimum Gasteiger partial charge on any atom is -0.344 e. The highest BCUT2D eigenvalue weighted by atomic mass is 33.1. The Kier molecular flexibility index (Phi) is 182. The molecule has 0 aliphatic carbocycles. The van der Waals surface area contributed by atoms with Crippen molar-refractivity contribution in [2.45, 2.75) is 0 Å². The molecule has 0 heterocycles. The van der Waals surface area contributed by atoms with E-state index in [0.717, 1.165) is 0 Å². The molecule has 3 N–H and O–H groups in total. The van der Waals surface area contributed by atoms with E-state index in [-0.39, 0.29) is 19.6 Å². The van der Waals surface area contributed by atoms with Crippen LogP contribution in [-0.2, 0) is 0 Å². The maximum absolute atomic E-state index is 3.96. The van der Waals surface area contributed by atoms with Crippen LogP contribution in [-0.4, -0.2) is 61.6 Å². The second kappa shape index (κ2) is 76.5. The number of rotatable bonds is 1. The standard InChI is InChI=1S/C3H9N.C2H6S2.C2H6S.CS2.CH4S.H3N.H2S/c1-4(2)3;1-3-4-2;1-3-2;2-1-3;1-2;;/h1-3H3;1-2H3;1-2H3;;2H,1H3;1H3;1H2. The molecular weight excluding hydrogens is 361 g/mol. The molecule has 0 aliphatic rings. The summed E-state index contributed by atoms with van der Waals surface area (Å²) < 4.78 is 1.92. The summed E-state index contributed by atoms with van der Waals surface area (Å²) in [6.07, 6.45) is 9.90. The monoisotopic (exact) mass is 390 g/mol. The van der Waals surface area contributed by atoms with Crippen molar-refractivity contribution >= 4 is 88.2 Å². The van der Waals surface area contributed by atoms with Gasteiger partial charge in [-0.2, -0.15) is 37.9 Å². The third-order valence-corrected chi connectivity index (χ3v) is 1.50. The van der Waals surface area contributed by atoms with Crippen molar-refractivity contribution < 1.29 is 0 Å². The van der Waals surface area contributed by atoms with Crippen LogP contribution in [0.15, 0.2) is 0 Å². The zero-order valence-corrected chi connectivity index (χ0v) is 18.6. The average molecular weight is 391 g/mol. The van der Waals surface area contributed by atoms with Gasteiger partial charge in [0, 0.05) is 4.31 Å². The summed E-state index contributed by atoms with van der Waals surface area (Å²) in [5.41, 5.74) is 0. The lowest BCUT2D eigenvalue weighted by Crippen LogP contribution is -1.99. The molecule has 0 saturated heterocycles. The van der Waals surface area contributed by atoms with E-state index in [2.05, 4.69) is 49.6 Å². The Morgan fingerprint density at radius 1 is 0.889 bits per heavy atom. The summed E-state index contributed by atoms with van der Waals surface area (Å²) in [5, 5.41) is 0. The lowest BCUT2D eigenvalue weighted by atomic mass is 11.0. The van der Waals surface area contributed by atoms with E-state index in [1.165, 1.54) is 0 Å². The van der Waals surface area contributed by atoms with Gasteiger partial charge < -0.3 is 11.1 Å². The molecule has 2 nitrogen and oxygen atoms in total. The van der Waals surface area contributed by atoms with Crippen LogP contribution < -0.4 is 6.15 Å². The van der Waals surface area contributed by atoms with Gasteiger partial charge in [-0.3, -0.25) is 0 Å². The SMILES string of the molecule is CN(C)C.CS.CSC.CSSC.N.S.S=C=S. The molecule has 0 aromatic rings. The Labute approximate surface area is 150 Å². The van der Waals surface area contributed by atoms with E-state index in [4.69, 9.17) is 0 Å². The quantitative estimate of drug-likeness (QED) is 0.384. The fraction of sp³-hybridized carbons (Fsp3) is 0.889. The van der Waals surface area contributed by atoms with E-state index >= 15 is 0 Å². The number of hydrogen-bond donors (Lipinski definition) is 2. The number of thiocarbonyl (C=S) groups is 2. The van der Waals surface area contributed by atoms with Crippen LogP contribution in [0.4, 0.5) is 0 Å². The van der Waals surface area contributed by atoms with Crippen molar-refractivity contribution in [3.05, 3.63) is 0 Å². The zero-order chi connectivity index (χ0) is 14.4. The Balaban J connectivity index is -0.0000000167. The topological polar surface area (TPSA) is 38.2 Å². The molecule has 0 amide bonds. The van der Waals surface area contributed by atoms with Crippen molar-refractivity contribution in [1.29, 1.82) is 0 Å². The van der Waals surface area contributed by atoms with Gasteiger partial charge in [-0.25, -0.2) is 0 Å². The van der Waals surface area contributed by atoms with Crippen LogP contribution in [0.5, 0.6) is 0 Å². The van der Waals surface area contributed by atoms with Gasteiger partial charge in [0.2, 0.25) is 0 Å². The molecule has 9 heteroatoms. The molecule has 0 fully saturated rings. The van der Waals surface area contributed by atoms with Crippen molar-refractivity contribution in [1.82, 2.24) is 11.1 Å². The minimum atomic E-state index is 0. The van der Waals surface area contributed by atoms with Crippen LogP contribution in [0.3, 0.4) is 0 Å². The van der Waals surface area contributed by atoms with Gasteiger partial charge in [-0.15, -0.1) is 0 Å². The highest BCUT2D eigenvalue weighted by Gasteiger charge is 1.58. The van der Waals surface area contributed by atoms with E-state index < -0.39 is 0 Å². The summed E-state index contributed by atoms with van der Waals surface area (Å²) in [5.74, 6) is 0. The third kappa shape index (κ3) is 611. The van der Waals surface area contributed by atoms with Gasteiger partial charge in [-0.1, -0.05) is 21.6 Å². The third-order valence-electron chi connectivity index (χ3n) is 0.167. The normalized spacial score (nSPS) is 5.44. The molecule has 0 aromatic heterocycles. The molecule has 0 bridgehead atoms. The van der Waals surface area contributed by atoms with Crippen molar-refractivity contribution in [2.24, 2.45) is 0 Å². The molecule has 0 spiro atoms. The second-order valence-corrected chi connectivity index (χ2v) is 6.32. The van der Waals surface area contributed by atoms with E-state index in [9.17, 15) is 0 Å². The first-order valence-corrected chi connectivity index (χ1v) is 10.3. The van der Waals surface area contributed by atoms with Crippen LogP contribution in [0.1, 0.15) is 0 Å². The molecule has 118 valence electrons. The summed E-state index contributed by atoms with van der Waals surface area (Å²) in [6.45, 7) is 0. The molecular formula is C9H30N2S7. The van der Waals surface area contributed by atoms with Crippen molar-refractivity contribution in [3.8, 4) is 0 Å². The fourth-order valence-electron chi connectivity index (χ4n) is 0. The largest absolute Gasteiger partial charge is 0.344 e. The molecule has 0 saturated carbocycles.